The van der Waals surface area contributed by atoms with Crippen LogP contribution in [0.4, 0.5) is 0 Å². The lowest BCUT2D eigenvalue weighted by molar-refractivity contribution is 0.0909. The van der Waals surface area contributed by atoms with Gasteiger partial charge in [-0.3, -0.25) is 4.79 Å². The van der Waals surface area contributed by atoms with Crippen LogP contribution in [0.15, 0.2) is 71.3 Å². The Kier molecular flexibility index (Phi) is 6.04. The van der Waals surface area contributed by atoms with Crippen LogP contribution in [-0.4, -0.2) is 22.1 Å². The number of furan rings is 1. The molecule has 0 unspecified atom stereocenters. The third-order valence-electron chi connectivity index (χ3n) is 5.47. The van der Waals surface area contributed by atoms with Crippen molar-refractivity contribution in [2.75, 3.05) is 6.61 Å². The van der Waals surface area contributed by atoms with E-state index in [0.717, 1.165) is 22.6 Å². The fourth-order valence-corrected chi connectivity index (χ4v) is 3.71. The number of carbonyl (C=O) groups excluding carboxylic acids is 1. The summed E-state index contributed by atoms with van der Waals surface area (Å²) in [6.45, 7) is 9.60. The number of para-hydroxylation sites is 2. The molecule has 1 N–H and O–H groups in total. The lowest BCUT2D eigenvalue weighted by atomic mass is 9.87. The molecule has 0 radical (unpaired) electrons. The number of hydrogen-bond acceptors (Lipinski definition) is 4. The van der Waals surface area contributed by atoms with Crippen molar-refractivity contribution >= 4 is 16.9 Å². The minimum absolute atomic E-state index is 0.110. The molecule has 0 bridgehead atoms. The van der Waals surface area contributed by atoms with Gasteiger partial charge in [-0.1, -0.05) is 45.0 Å². The van der Waals surface area contributed by atoms with Gasteiger partial charge in [0.15, 0.2) is 5.76 Å². The Morgan fingerprint density at radius 3 is 2.53 bits per heavy atom. The highest BCUT2D eigenvalue weighted by molar-refractivity contribution is 5.91. The number of hydrogen-bond donors (Lipinski definition) is 1. The highest BCUT2D eigenvalue weighted by Crippen LogP contribution is 2.25. The largest absolute Gasteiger partial charge is 0.492 e. The van der Waals surface area contributed by atoms with Crippen LogP contribution in [-0.2, 0) is 12.0 Å². The third kappa shape index (κ3) is 4.69. The molecule has 2 heterocycles. The average molecular weight is 432 g/mol. The zero-order valence-electron chi connectivity index (χ0n) is 19.0. The number of rotatable bonds is 7. The molecule has 4 aromatic rings. The smallest absolute Gasteiger partial charge is 0.287 e. The van der Waals surface area contributed by atoms with Gasteiger partial charge in [0.2, 0.25) is 0 Å². The van der Waals surface area contributed by atoms with Gasteiger partial charge in [-0.2, -0.15) is 0 Å². The van der Waals surface area contributed by atoms with E-state index in [0.29, 0.717) is 13.2 Å². The first-order valence-corrected chi connectivity index (χ1v) is 10.9. The normalized spacial score (nSPS) is 12.6. The van der Waals surface area contributed by atoms with Gasteiger partial charge >= 0.3 is 0 Å². The molecule has 0 aliphatic heterocycles. The van der Waals surface area contributed by atoms with Crippen molar-refractivity contribution in [1.82, 2.24) is 14.9 Å². The Balaban J connectivity index is 1.49. The fourth-order valence-electron chi connectivity index (χ4n) is 3.71. The first kappa shape index (κ1) is 21.7. The molecule has 0 aliphatic rings. The molecule has 2 aromatic carbocycles. The predicted octanol–water partition coefficient (Wildman–Crippen LogP) is 5.50. The number of fused-ring (bicyclic) bond motifs is 1. The van der Waals surface area contributed by atoms with Gasteiger partial charge in [-0.05, 0) is 54.3 Å². The van der Waals surface area contributed by atoms with E-state index >= 15 is 0 Å². The van der Waals surface area contributed by atoms with E-state index in [2.05, 4.69) is 42.8 Å². The molecule has 1 atom stereocenters. The lowest BCUT2D eigenvalue weighted by Crippen LogP contribution is -2.28. The number of aromatic nitrogens is 2. The zero-order chi connectivity index (χ0) is 22.7. The second-order valence-corrected chi connectivity index (χ2v) is 8.91. The summed E-state index contributed by atoms with van der Waals surface area (Å²) >= 11 is 0. The van der Waals surface area contributed by atoms with Crippen molar-refractivity contribution in [3.63, 3.8) is 0 Å². The average Bonchev–Trinajstić information content (AvgIpc) is 3.42. The molecular weight excluding hydrogens is 402 g/mol. The van der Waals surface area contributed by atoms with E-state index in [9.17, 15) is 4.79 Å². The van der Waals surface area contributed by atoms with Crippen LogP contribution in [0.2, 0.25) is 0 Å². The minimum Gasteiger partial charge on any atom is -0.492 e. The Morgan fingerprint density at radius 2 is 1.84 bits per heavy atom. The SMILES string of the molecule is C[C@H](NC(=O)c1ccco1)c1nc2ccccc2n1CCOc1ccc(C(C)(C)C)cc1. The van der Waals surface area contributed by atoms with E-state index in [1.165, 1.54) is 11.8 Å². The third-order valence-corrected chi connectivity index (χ3v) is 5.47. The quantitative estimate of drug-likeness (QED) is 0.420. The monoisotopic (exact) mass is 431 g/mol. The van der Waals surface area contributed by atoms with E-state index in [1.54, 1.807) is 12.1 Å². The maximum atomic E-state index is 12.4. The van der Waals surface area contributed by atoms with Gasteiger partial charge < -0.3 is 19.0 Å². The van der Waals surface area contributed by atoms with Gasteiger partial charge in [0.1, 0.15) is 18.2 Å². The Bertz CT molecular complexity index is 1190. The minimum atomic E-state index is -0.300. The van der Waals surface area contributed by atoms with Crippen LogP contribution in [0.5, 0.6) is 5.75 Å². The van der Waals surface area contributed by atoms with E-state index in [1.807, 2.05) is 43.3 Å². The van der Waals surface area contributed by atoms with Crippen LogP contribution in [0.25, 0.3) is 11.0 Å². The molecule has 1 amide bonds. The van der Waals surface area contributed by atoms with Crippen molar-refractivity contribution in [3.05, 3.63) is 84.1 Å². The van der Waals surface area contributed by atoms with Crippen LogP contribution >= 0.6 is 0 Å². The predicted molar refractivity (Wildman–Crippen MR) is 125 cm³/mol. The number of nitrogens with zero attached hydrogens (tertiary/aromatic N) is 2. The number of imidazole rings is 1. The van der Waals surface area contributed by atoms with Gasteiger partial charge in [0.25, 0.3) is 5.91 Å². The second-order valence-electron chi connectivity index (χ2n) is 8.91. The van der Waals surface area contributed by atoms with Crippen molar-refractivity contribution < 1.29 is 13.9 Å². The summed E-state index contributed by atoms with van der Waals surface area (Å²) in [6.07, 6.45) is 1.49. The molecule has 0 aliphatic carbocycles. The van der Waals surface area contributed by atoms with Crippen molar-refractivity contribution in [3.8, 4) is 5.75 Å². The zero-order valence-corrected chi connectivity index (χ0v) is 19.0. The first-order valence-electron chi connectivity index (χ1n) is 10.9. The van der Waals surface area contributed by atoms with Gasteiger partial charge in [-0.15, -0.1) is 0 Å². The highest BCUT2D eigenvalue weighted by atomic mass is 16.5. The Hall–Kier alpha value is -3.54. The number of carbonyl (C=O) groups is 1. The standard InChI is InChI=1S/C26H29N3O3/c1-18(27-25(30)23-10-7-16-32-23)24-28-21-8-5-6-9-22(21)29(24)15-17-31-20-13-11-19(12-14-20)26(2,3)4/h5-14,16,18H,15,17H2,1-4H3,(H,27,30)/t18-/m0/s1. The van der Waals surface area contributed by atoms with Crippen molar-refractivity contribution in [1.29, 1.82) is 0 Å². The van der Waals surface area contributed by atoms with Crippen LogP contribution in [0.1, 0.15) is 55.7 Å². The van der Waals surface area contributed by atoms with E-state index < -0.39 is 0 Å². The van der Waals surface area contributed by atoms with Gasteiger partial charge in [0, 0.05) is 0 Å². The second kappa shape index (κ2) is 8.91. The Morgan fingerprint density at radius 1 is 1.09 bits per heavy atom. The molecule has 2 aromatic heterocycles. The molecule has 166 valence electrons. The lowest BCUT2D eigenvalue weighted by Gasteiger charge is -2.19. The maximum Gasteiger partial charge on any atom is 0.287 e. The van der Waals surface area contributed by atoms with E-state index in [4.69, 9.17) is 14.1 Å². The Labute approximate surface area is 188 Å². The maximum absolute atomic E-state index is 12.4. The van der Waals surface area contributed by atoms with Crippen LogP contribution < -0.4 is 10.1 Å². The topological polar surface area (TPSA) is 69.3 Å². The molecule has 32 heavy (non-hydrogen) atoms. The van der Waals surface area contributed by atoms with Crippen molar-refractivity contribution in [2.45, 2.75) is 45.7 Å². The van der Waals surface area contributed by atoms with Crippen LogP contribution in [0.3, 0.4) is 0 Å². The van der Waals surface area contributed by atoms with Crippen molar-refractivity contribution in [2.24, 2.45) is 0 Å². The summed E-state index contributed by atoms with van der Waals surface area (Å²) in [5, 5.41) is 2.97. The first-order chi connectivity index (χ1) is 15.3. The van der Waals surface area contributed by atoms with E-state index in [-0.39, 0.29) is 23.1 Å². The summed E-state index contributed by atoms with van der Waals surface area (Å²) in [6, 6.07) is 19.2. The number of nitrogens with one attached hydrogen (secondary N) is 1. The number of benzene rings is 2. The summed E-state index contributed by atoms with van der Waals surface area (Å²) in [7, 11) is 0. The molecule has 4 rings (SSSR count). The molecule has 0 saturated heterocycles. The number of ether oxygens (including phenoxy) is 1. The number of amides is 1. The summed E-state index contributed by atoms with van der Waals surface area (Å²) in [5.41, 5.74) is 3.28. The summed E-state index contributed by atoms with van der Waals surface area (Å²) in [4.78, 5) is 17.2. The van der Waals surface area contributed by atoms with Crippen LogP contribution in [0, 0.1) is 0 Å². The summed E-state index contributed by atoms with van der Waals surface area (Å²) in [5.74, 6) is 1.62. The molecule has 6 heteroatoms. The molecule has 0 saturated carbocycles. The van der Waals surface area contributed by atoms with Gasteiger partial charge in [-0.25, -0.2) is 4.98 Å². The fraction of sp³-hybridized carbons (Fsp3) is 0.308. The molecule has 0 fully saturated rings. The molecule has 0 spiro atoms. The molecule has 6 nitrogen and oxygen atoms in total. The molecular formula is C26H29N3O3. The van der Waals surface area contributed by atoms with Gasteiger partial charge in [0.05, 0.1) is 29.9 Å². The summed E-state index contributed by atoms with van der Waals surface area (Å²) < 4.78 is 13.3. The highest BCUT2D eigenvalue weighted by Gasteiger charge is 2.20.